The zero-order chi connectivity index (χ0) is 11.5. The minimum absolute atomic E-state index is 0.295. The Morgan fingerprint density at radius 1 is 1.12 bits per heavy atom. The van der Waals surface area contributed by atoms with Crippen molar-refractivity contribution in [3.8, 4) is 0 Å². The summed E-state index contributed by atoms with van der Waals surface area (Å²) in [5.41, 5.74) is 0. The molecule has 3 rings (SSSR count). The summed E-state index contributed by atoms with van der Waals surface area (Å²) in [7, 11) is 0. The van der Waals surface area contributed by atoms with Crippen molar-refractivity contribution < 1.29 is 9.47 Å². The Labute approximate surface area is 104 Å². The fourth-order valence-corrected chi connectivity index (χ4v) is 2.87. The molecular formula is C13H24N2O2. The van der Waals surface area contributed by atoms with Gasteiger partial charge in [-0.2, -0.15) is 0 Å². The summed E-state index contributed by atoms with van der Waals surface area (Å²) in [5, 5.41) is 3.75. The minimum atomic E-state index is 0.295. The van der Waals surface area contributed by atoms with Crippen LogP contribution in [0.5, 0.6) is 0 Å². The number of rotatable bonds is 4. The predicted octanol–water partition coefficient (Wildman–Crippen LogP) is 0.618. The van der Waals surface area contributed by atoms with E-state index in [9.17, 15) is 0 Å². The molecule has 1 aliphatic carbocycles. The first-order valence-corrected chi connectivity index (χ1v) is 7.08. The summed E-state index contributed by atoms with van der Waals surface area (Å²) in [6.45, 7) is 5.77. The van der Waals surface area contributed by atoms with Gasteiger partial charge in [0.15, 0.2) is 0 Å². The van der Waals surface area contributed by atoms with Crippen LogP contribution in [-0.2, 0) is 9.47 Å². The molecule has 2 heterocycles. The van der Waals surface area contributed by atoms with Crippen molar-refractivity contribution in [3.05, 3.63) is 0 Å². The van der Waals surface area contributed by atoms with E-state index in [1.54, 1.807) is 0 Å². The fraction of sp³-hybridized carbons (Fsp3) is 1.00. The molecule has 0 spiro atoms. The second-order valence-electron chi connectivity index (χ2n) is 5.61. The Hall–Kier alpha value is -0.160. The molecule has 98 valence electrons. The van der Waals surface area contributed by atoms with Crippen molar-refractivity contribution in [3.63, 3.8) is 0 Å². The van der Waals surface area contributed by atoms with Crippen LogP contribution in [0.1, 0.15) is 25.7 Å². The Morgan fingerprint density at radius 3 is 2.82 bits per heavy atom. The standard InChI is InChI=1S/C13H24N2O2/c1-2-12(14-11-3-4-11)8-15(5-1)9-13-10-16-6-7-17-13/h11-14H,1-10H2. The van der Waals surface area contributed by atoms with E-state index >= 15 is 0 Å². The summed E-state index contributed by atoms with van der Waals surface area (Å²) in [4.78, 5) is 2.54. The molecule has 0 radical (unpaired) electrons. The Morgan fingerprint density at radius 2 is 2.06 bits per heavy atom. The zero-order valence-electron chi connectivity index (χ0n) is 10.6. The maximum Gasteiger partial charge on any atom is 0.0936 e. The zero-order valence-corrected chi connectivity index (χ0v) is 10.6. The molecule has 0 aromatic rings. The molecular weight excluding hydrogens is 216 g/mol. The molecule has 2 aliphatic heterocycles. The van der Waals surface area contributed by atoms with Gasteiger partial charge in [0.1, 0.15) is 0 Å². The van der Waals surface area contributed by atoms with Gasteiger partial charge in [0.25, 0.3) is 0 Å². The van der Waals surface area contributed by atoms with E-state index in [1.807, 2.05) is 0 Å². The van der Waals surface area contributed by atoms with Gasteiger partial charge < -0.3 is 14.8 Å². The highest BCUT2D eigenvalue weighted by Gasteiger charge is 2.28. The van der Waals surface area contributed by atoms with Gasteiger partial charge in [0, 0.05) is 25.2 Å². The average molecular weight is 240 g/mol. The number of hydrogen-bond donors (Lipinski definition) is 1. The molecule has 3 aliphatic rings. The normalized spacial score (nSPS) is 36.0. The Kier molecular flexibility index (Phi) is 3.96. The summed E-state index contributed by atoms with van der Waals surface area (Å²) in [6, 6.07) is 1.54. The van der Waals surface area contributed by atoms with E-state index in [2.05, 4.69) is 10.2 Å². The highest BCUT2D eigenvalue weighted by atomic mass is 16.6. The monoisotopic (exact) mass is 240 g/mol. The van der Waals surface area contributed by atoms with Gasteiger partial charge in [0.2, 0.25) is 0 Å². The minimum Gasteiger partial charge on any atom is -0.376 e. The molecule has 2 saturated heterocycles. The average Bonchev–Trinajstić information content (AvgIpc) is 3.15. The van der Waals surface area contributed by atoms with Crippen LogP contribution in [-0.4, -0.2) is 62.5 Å². The van der Waals surface area contributed by atoms with E-state index < -0.39 is 0 Å². The van der Waals surface area contributed by atoms with Crippen molar-refractivity contribution in [1.82, 2.24) is 10.2 Å². The molecule has 1 saturated carbocycles. The van der Waals surface area contributed by atoms with E-state index in [0.29, 0.717) is 12.1 Å². The highest BCUT2D eigenvalue weighted by Crippen LogP contribution is 2.22. The lowest BCUT2D eigenvalue weighted by molar-refractivity contribution is -0.0992. The van der Waals surface area contributed by atoms with Gasteiger partial charge in [-0.1, -0.05) is 0 Å². The second-order valence-corrected chi connectivity index (χ2v) is 5.61. The number of hydrogen-bond acceptors (Lipinski definition) is 4. The van der Waals surface area contributed by atoms with Crippen molar-refractivity contribution in [2.24, 2.45) is 0 Å². The van der Waals surface area contributed by atoms with Crippen LogP contribution in [0.3, 0.4) is 0 Å². The first-order valence-electron chi connectivity index (χ1n) is 7.08. The molecule has 17 heavy (non-hydrogen) atoms. The molecule has 0 aromatic carbocycles. The third kappa shape index (κ3) is 3.65. The van der Waals surface area contributed by atoms with E-state index in [1.165, 1.54) is 38.8 Å². The van der Waals surface area contributed by atoms with Crippen LogP contribution in [0.2, 0.25) is 0 Å². The van der Waals surface area contributed by atoms with Crippen LogP contribution < -0.4 is 5.32 Å². The molecule has 0 amide bonds. The van der Waals surface area contributed by atoms with Crippen molar-refractivity contribution in [2.45, 2.75) is 43.9 Å². The SMILES string of the molecule is C1CC(NC2CC2)CN(CC2COCCO2)C1. The summed E-state index contributed by atoms with van der Waals surface area (Å²) >= 11 is 0. The van der Waals surface area contributed by atoms with E-state index in [-0.39, 0.29) is 0 Å². The van der Waals surface area contributed by atoms with Crippen molar-refractivity contribution >= 4 is 0 Å². The number of nitrogens with zero attached hydrogens (tertiary/aromatic N) is 1. The fourth-order valence-electron chi connectivity index (χ4n) is 2.87. The van der Waals surface area contributed by atoms with E-state index in [4.69, 9.17) is 9.47 Å². The predicted molar refractivity (Wildman–Crippen MR) is 66.2 cm³/mol. The smallest absolute Gasteiger partial charge is 0.0936 e. The molecule has 3 fully saturated rings. The quantitative estimate of drug-likeness (QED) is 0.781. The van der Waals surface area contributed by atoms with Gasteiger partial charge in [0.05, 0.1) is 25.9 Å². The van der Waals surface area contributed by atoms with Gasteiger partial charge in [-0.25, -0.2) is 0 Å². The van der Waals surface area contributed by atoms with Crippen LogP contribution in [0, 0.1) is 0 Å². The summed E-state index contributed by atoms with van der Waals surface area (Å²) in [5.74, 6) is 0. The van der Waals surface area contributed by atoms with Crippen LogP contribution in [0.4, 0.5) is 0 Å². The lowest BCUT2D eigenvalue weighted by Crippen LogP contribution is -2.50. The molecule has 2 atom stereocenters. The van der Waals surface area contributed by atoms with Crippen LogP contribution in [0.25, 0.3) is 0 Å². The maximum absolute atomic E-state index is 5.72. The first-order chi connectivity index (χ1) is 8.40. The number of piperidine rings is 1. The molecule has 1 N–H and O–H groups in total. The summed E-state index contributed by atoms with van der Waals surface area (Å²) in [6.07, 6.45) is 5.72. The van der Waals surface area contributed by atoms with Crippen molar-refractivity contribution in [2.75, 3.05) is 39.5 Å². The Bertz CT molecular complexity index is 240. The number of ether oxygens (including phenoxy) is 2. The van der Waals surface area contributed by atoms with Gasteiger partial charge >= 0.3 is 0 Å². The van der Waals surface area contributed by atoms with Gasteiger partial charge in [-0.15, -0.1) is 0 Å². The number of likely N-dealkylation sites (tertiary alicyclic amines) is 1. The lowest BCUT2D eigenvalue weighted by Gasteiger charge is -2.36. The van der Waals surface area contributed by atoms with Gasteiger partial charge in [-0.3, -0.25) is 4.90 Å². The number of nitrogens with one attached hydrogen (secondary N) is 1. The largest absolute Gasteiger partial charge is 0.376 e. The highest BCUT2D eigenvalue weighted by molar-refractivity contribution is 4.88. The third-order valence-electron chi connectivity index (χ3n) is 3.90. The molecule has 0 aromatic heterocycles. The Balaban J connectivity index is 1.42. The van der Waals surface area contributed by atoms with Crippen LogP contribution >= 0.6 is 0 Å². The van der Waals surface area contributed by atoms with Gasteiger partial charge in [-0.05, 0) is 32.2 Å². The lowest BCUT2D eigenvalue weighted by atomic mass is 10.1. The second kappa shape index (κ2) is 5.65. The first kappa shape index (κ1) is 11.9. The molecule has 0 bridgehead atoms. The van der Waals surface area contributed by atoms with Crippen molar-refractivity contribution in [1.29, 1.82) is 0 Å². The topological polar surface area (TPSA) is 33.7 Å². The van der Waals surface area contributed by atoms with Crippen LogP contribution in [0.15, 0.2) is 0 Å². The molecule has 2 unspecified atom stereocenters. The van der Waals surface area contributed by atoms with E-state index in [0.717, 1.165) is 32.4 Å². The molecule has 4 heteroatoms. The maximum atomic E-state index is 5.72. The summed E-state index contributed by atoms with van der Waals surface area (Å²) < 4.78 is 11.2. The molecule has 4 nitrogen and oxygen atoms in total. The third-order valence-corrected chi connectivity index (χ3v) is 3.90.